The van der Waals surface area contributed by atoms with Gasteiger partial charge in [-0.25, -0.2) is 0 Å². The van der Waals surface area contributed by atoms with Gasteiger partial charge in [0.25, 0.3) is 0 Å². The molecule has 0 amide bonds. The highest BCUT2D eigenvalue weighted by atomic mass is 32.1. The molecule has 0 spiro atoms. The van der Waals surface area contributed by atoms with Crippen molar-refractivity contribution in [1.29, 1.82) is 0 Å². The van der Waals surface area contributed by atoms with E-state index >= 15 is 0 Å². The molecule has 0 saturated carbocycles. The first kappa shape index (κ1) is 11.7. The van der Waals surface area contributed by atoms with Gasteiger partial charge in [-0.2, -0.15) is 5.48 Å². The fourth-order valence-electron chi connectivity index (χ4n) is 1.15. The van der Waals surface area contributed by atoms with E-state index in [1.165, 1.54) is 10.4 Å². The number of thiophene rings is 1. The highest BCUT2D eigenvalue weighted by Crippen LogP contribution is 2.23. The van der Waals surface area contributed by atoms with Gasteiger partial charge < -0.3 is 0 Å². The molecule has 0 radical (unpaired) electrons. The Kier molecular flexibility index (Phi) is 3.70. The van der Waals surface area contributed by atoms with Crippen LogP contribution in [0.3, 0.4) is 0 Å². The number of aryl methyl sites for hydroxylation is 1. The molecule has 1 atom stereocenters. The second-order valence-electron chi connectivity index (χ2n) is 4.52. The summed E-state index contributed by atoms with van der Waals surface area (Å²) < 4.78 is 0. The van der Waals surface area contributed by atoms with Crippen molar-refractivity contribution >= 4 is 11.3 Å². The fourth-order valence-corrected chi connectivity index (χ4v) is 2.07. The first-order chi connectivity index (χ1) is 6.40. The first-order valence-corrected chi connectivity index (χ1v) is 5.75. The normalized spacial score (nSPS) is 14.4. The Morgan fingerprint density at radius 1 is 1.43 bits per heavy atom. The molecule has 0 aliphatic carbocycles. The van der Waals surface area contributed by atoms with Crippen molar-refractivity contribution in [3.63, 3.8) is 0 Å². The lowest BCUT2D eigenvalue weighted by molar-refractivity contribution is -0.0862. The molecule has 1 unspecified atom stereocenters. The average Bonchev–Trinajstić information content (AvgIpc) is 2.46. The van der Waals surface area contributed by atoms with Gasteiger partial charge in [0.2, 0.25) is 0 Å². The van der Waals surface area contributed by atoms with Crippen LogP contribution in [0.15, 0.2) is 11.4 Å². The SMILES string of the molecule is Cc1ccsc1C(C)NOC(C)(C)C. The highest BCUT2D eigenvalue weighted by molar-refractivity contribution is 7.10. The predicted octanol–water partition coefficient (Wildman–Crippen LogP) is 3.44. The van der Waals surface area contributed by atoms with Gasteiger partial charge in [0.15, 0.2) is 0 Å². The summed E-state index contributed by atoms with van der Waals surface area (Å²) >= 11 is 1.77. The van der Waals surface area contributed by atoms with E-state index in [-0.39, 0.29) is 11.6 Å². The van der Waals surface area contributed by atoms with Crippen LogP contribution >= 0.6 is 11.3 Å². The third-order valence-electron chi connectivity index (χ3n) is 1.84. The quantitative estimate of drug-likeness (QED) is 0.777. The number of hydroxylamine groups is 1. The van der Waals surface area contributed by atoms with Crippen molar-refractivity contribution in [2.24, 2.45) is 0 Å². The Balaban J connectivity index is 2.51. The van der Waals surface area contributed by atoms with Crippen molar-refractivity contribution < 1.29 is 4.84 Å². The molecule has 0 bridgehead atoms. The molecule has 0 aromatic carbocycles. The molecular formula is C11H19NOS. The standard InChI is InChI=1S/C11H19NOS/c1-8-6-7-14-10(8)9(2)12-13-11(3,4)5/h6-7,9,12H,1-5H3. The average molecular weight is 213 g/mol. The van der Waals surface area contributed by atoms with Crippen LogP contribution in [0.4, 0.5) is 0 Å². The van der Waals surface area contributed by atoms with Crippen LogP contribution in [0.25, 0.3) is 0 Å². The van der Waals surface area contributed by atoms with Gasteiger partial charge in [0.05, 0.1) is 11.6 Å². The van der Waals surface area contributed by atoms with Crippen molar-refractivity contribution in [2.75, 3.05) is 0 Å². The molecule has 1 aromatic heterocycles. The van der Waals surface area contributed by atoms with Crippen LogP contribution in [-0.2, 0) is 4.84 Å². The zero-order valence-electron chi connectivity index (χ0n) is 9.55. The number of rotatable bonds is 3. The van der Waals surface area contributed by atoms with E-state index in [0.717, 1.165) is 0 Å². The third kappa shape index (κ3) is 3.40. The summed E-state index contributed by atoms with van der Waals surface area (Å²) in [5.74, 6) is 0. The lowest BCUT2D eigenvalue weighted by Crippen LogP contribution is -2.30. The predicted molar refractivity (Wildman–Crippen MR) is 61.4 cm³/mol. The van der Waals surface area contributed by atoms with Crippen molar-refractivity contribution in [1.82, 2.24) is 5.48 Å². The summed E-state index contributed by atoms with van der Waals surface area (Å²) in [5, 5.41) is 2.11. The second kappa shape index (κ2) is 4.43. The minimum absolute atomic E-state index is 0.139. The van der Waals surface area contributed by atoms with Gasteiger partial charge in [-0.05, 0) is 51.6 Å². The van der Waals surface area contributed by atoms with E-state index in [2.05, 4.69) is 30.8 Å². The summed E-state index contributed by atoms with van der Waals surface area (Å²) in [4.78, 5) is 6.87. The molecule has 1 heterocycles. The summed E-state index contributed by atoms with van der Waals surface area (Å²) in [6, 6.07) is 2.39. The van der Waals surface area contributed by atoms with Gasteiger partial charge in [-0.1, -0.05) is 0 Å². The van der Waals surface area contributed by atoms with E-state index in [9.17, 15) is 0 Å². The zero-order valence-corrected chi connectivity index (χ0v) is 10.4. The van der Waals surface area contributed by atoms with Crippen LogP contribution in [0, 0.1) is 6.92 Å². The minimum atomic E-state index is -0.139. The molecule has 0 fully saturated rings. The largest absolute Gasteiger partial charge is 0.295 e. The van der Waals surface area contributed by atoms with Gasteiger partial charge in [0.1, 0.15) is 0 Å². The van der Waals surface area contributed by atoms with E-state index in [0.29, 0.717) is 0 Å². The molecule has 80 valence electrons. The monoisotopic (exact) mass is 213 g/mol. The summed E-state index contributed by atoms with van der Waals surface area (Å²) in [5.41, 5.74) is 4.26. The van der Waals surface area contributed by atoms with Crippen molar-refractivity contribution in [3.05, 3.63) is 21.9 Å². The lowest BCUT2D eigenvalue weighted by Gasteiger charge is -2.22. The Bertz CT molecular complexity index is 288. The lowest BCUT2D eigenvalue weighted by atomic mass is 10.2. The topological polar surface area (TPSA) is 21.3 Å². The first-order valence-electron chi connectivity index (χ1n) is 4.87. The van der Waals surface area contributed by atoms with E-state index in [1.54, 1.807) is 11.3 Å². The molecule has 1 rings (SSSR count). The minimum Gasteiger partial charge on any atom is -0.295 e. The Hall–Kier alpha value is -0.380. The van der Waals surface area contributed by atoms with E-state index in [4.69, 9.17) is 4.84 Å². The van der Waals surface area contributed by atoms with Crippen LogP contribution in [0.1, 0.15) is 44.2 Å². The number of hydrogen-bond donors (Lipinski definition) is 1. The van der Waals surface area contributed by atoms with Crippen molar-refractivity contribution in [2.45, 2.75) is 46.3 Å². The maximum atomic E-state index is 5.53. The summed E-state index contributed by atoms with van der Waals surface area (Å²) in [6.45, 7) is 10.3. The smallest absolute Gasteiger partial charge is 0.0813 e. The molecule has 3 heteroatoms. The molecule has 1 aromatic rings. The van der Waals surface area contributed by atoms with E-state index < -0.39 is 0 Å². The maximum Gasteiger partial charge on any atom is 0.0813 e. The number of nitrogens with one attached hydrogen (secondary N) is 1. The number of hydrogen-bond acceptors (Lipinski definition) is 3. The summed E-state index contributed by atoms with van der Waals surface area (Å²) in [6.07, 6.45) is 0. The van der Waals surface area contributed by atoms with Crippen LogP contribution in [-0.4, -0.2) is 5.60 Å². The molecule has 0 aliphatic heterocycles. The van der Waals surface area contributed by atoms with Crippen LogP contribution in [0.5, 0.6) is 0 Å². The van der Waals surface area contributed by atoms with E-state index in [1.807, 2.05) is 20.8 Å². The van der Waals surface area contributed by atoms with Gasteiger partial charge in [-0.15, -0.1) is 11.3 Å². The second-order valence-corrected chi connectivity index (χ2v) is 5.47. The Morgan fingerprint density at radius 2 is 2.07 bits per heavy atom. The molecule has 14 heavy (non-hydrogen) atoms. The Labute approximate surface area is 90.2 Å². The van der Waals surface area contributed by atoms with Gasteiger partial charge in [0, 0.05) is 4.88 Å². The van der Waals surface area contributed by atoms with Crippen molar-refractivity contribution in [3.8, 4) is 0 Å². The zero-order chi connectivity index (χ0) is 10.8. The van der Waals surface area contributed by atoms with Gasteiger partial charge >= 0.3 is 0 Å². The molecule has 0 aliphatic rings. The third-order valence-corrected chi connectivity index (χ3v) is 3.04. The highest BCUT2D eigenvalue weighted by Gasteiger charge is 2.15. The molecule has 0 saturated heterocycles. The summed E-state index contributed by atoms with van der Waals surface area (Å²) in [7, 11) is 0. The van der Waals surface area contributed by atoms with Crippen LogP contribution < -0.4 is 5.48 Å². The Morgan fingerprint density at radius 3 is 2.50 bits per heavy atom. The van der Waals surface area contributed by atoms with Crippen LogP contribution in [0.2, 0.25) is 0 Å². The maximum absolute atomic E-state index is 5.53. The van der Waals surface area contributed by atoms with Gasteiger partial charge in [-0.3, -0.25) is 4.84 Å². The molecule has 2 nitrogen and oxygen atoms in total. The molecule has 1 N–H and O–H groups in total. The fraction of sp³-hybridized carbons (Fsp3) is 0.636. The molecular weight excluding hydrogens is 194 g/mol.